The summed E-state index contributed by atoms with van der Waals surface area (Å²) >= 11 is 0. The first kappa shape index (κ1) is 15.1. The van der Waals surface area contributed by atoms with Crippen molar-refractivity contribution < 1.29 is 4.42 Å². The zero-order valence-corrected chi connectivity index (χ0v) is 15.6. The Balaban J connectivity index is 1.67. The Morgan fingerprint density at radius 2 is 1.73 bits per heavy atom. The molecule has 4 saturated heterocycles. The largest absolute Gasteiger partial charge is 0.437 e. The molecule has 7 rings (SSSR count). The minimum Gasteiger partial charge on any atom is -0.437 e. The molecule has 5 nitrogen and oxygen atoms in total. The van der Waals surface area contributed by atoms with Crippen LogP contribution >= 0.6 is 0 Å². The van der Waals surface area contributed by atoms with Gasteiger partial charge in [-0.25, -0.2) is 4.98 Å². The lowest BCUT2D eigenvalue weighted by molar-refractivity contribution is -0.172. The van der Waals surface area contributed by atoms with E-state index in [4.69, 9.17) is 4.42 Å². The van der Waals surface area contributed by atoms with Crippen LogP contribution in [0.5, 0.6) is 0 Å². The van der Waals surface area contributed by atoms with Crippen LogP contribution in [0.15, 0.2) is 28.7 Å². The lowest BCUT2D eigenvalue weighted by Crippen LogP contribution is -2.77. The van der Waals surface area contributed by atoms with Gasteiger partial charge in [0.1, 0.15) is 5.58 Å². The molecule has 0 N–H and O–H groups in total. The van der Waals surface area contributed by atoms with Gasteiger partial charge in [0, 0.05) is 46.6 Å². The van der Waals surface area contributed by atoms with E-state index in [2.05, 4.69) is 57.8 Å². The molecule has 6 heterocycles. The molecule has 4 aliphatic rings. The van der Waals surface area contributed by atoms with E-state index >= 15 is 0 Å². The third-order valence-electron chi connectivity index (χ3n) is 6.87. The van der Waals surface area contributed by atoms with Crippen molar-refractivity contribution in [2.75, 3.05) is 33.1 Å². The van der Waals surface area contributed by atoms with Crippen LogP contribution in [0.3, 0.4) is 0 Å². The number of rotatable bonds is 1. The Labute approximate surface area is 153 Å². The molecule has 3 atom stereocenters. The van der Waals surface area contributed by atoms with Gasteiger partial charge >= 0.3 is 0 Å². The van der Waals surface area contributed by atoms with Gasteiger partial charge in [-0.3, -0.25) is 14.7 Å². The monoisotopic (exact) mass is 348 g/mol. The Bertz CT molecular complexity index is 1040. The van der Waals surface area contributed by atoms with E-state index in [0.717, 1.165) is 55.5 Å². The summed E-state index contributed by atoms with van der Waals surface area (Å²) in [5.74, 6) is 0. The quantitative estimate of drug-likeness (QED) is 0.675. The molecule has 1 aromatic carbocycles. The molecule has 2 unspecified atom stereocenters. The molecular formula is C21H24N4O. The summed E-state index contributed by atoms with van der Waals surface area (Å²) in [7, 11) is 0. The molecule has 0 radical (unpaired) electrons. The van der Waals surface area contributed by atoms with Crippen LogP contribution in [-0.4, -0.2) is 58.8 Å². The van der Waals surface area contributed by atoms with Crippen molar-refractivity contribution in [1.82, 2.24) is 19.7 Å². The van der Waals surface area contributed by atoms with Gasteiger partial charge in [0.2, 0.25) is 5.71 Å². The molecule has 134 valence electrons. The molecule has 4 fully saturated rings. The maximum absolute atomic E-state index is 6.42. The first-order chi connectivity index (χ1) is 12.5. The van der Waals surface area contributed by atoms with Crippen LogP contribution in [0, 0.1) is 13.8 Å². The van der Waals surface area contributed by atoms with E-state index in [1.54, 1.807) is 0 Å². The molecule has 0 spiro atoms. The summed E-state index contributed by atoms with van der Waals surface area (Å²) < 4.78 is 6.42. The number of pyridine rings is 1. The second-order valence-electron chi connectivity index (χ2n) is 8.54. The van der Waals surface area contributed by atoms with Gasteiger partial charge in [0.15, 0.2) is 0 Å². The average molecular weight is 348 g/mol. The fourth-order valence-corrected chi connectivity index (χ4v) is 5.73. The summed E-state index contributed by atoms with van der Waals surface area (Å²) in [5, 5.41) is 2.33. The van der Waals surface area contributed by atoms with Crippen LogP contribution in [-0.2, 0) is 5.41 Å². The number of nitrogens with zero attached hydrogens (tertiary/aromatic N) is 4. The molecule has 4 aliphatic heterocycles. The first-order valence-electron chi connectivity index (χ1n) is 9.54. The van der Waals surface area contributed by atoms with Crippen LogP contribution in [0.2, 0.25) is 0 Å². The number of furan rings is 1. The predicted molar refractivity (Wildman–Crippen MR) is 102 cm³/mol. The van der Waals surface area contributed by atoms with Gasteiger partial charge < -0.3 is 4.42 Å². The summed E-state index contributed by atoms with van der Waals surface area (Å²) in [6, 6.07) is 9.23. The molecule has 4 bridgehead atoms. The SMILES string of the molecule is Cc1ccc2c(n1)oc1c(C34CN5CN(CN(C5)[C@@H]3C)C4)c(C)ccc12. The van der Waals surface area contributed by atoms with Crippen molar-refractivity contribution in [3.05, 3.63) is 41.1 Å². The van der Waals surface area contributed by atoms with Crippen molar-refractivity contribution in [3.63, 3.8) is 0 Å². The third-order valence-corrected chi connectivity index (χ3v) is 6.87. The number of aryl methyl sites for hydroxylation is 2. The third kappa shape index (κ3) is 1.78. The lowest BCUT2D eigenvalue weighted by atomic mass is 9.68. The number of fused-ring (bicyclic) bond motifs is 3. The van der Waals surface area contributed by atoms with Gasteiger partial charge in [0.05, 0.1) is 20.0 Å². The lowest BCUT2D eigenvalue weighted by Gasteiger charge is -2.64. The zero-order chi connectivity index (χ0) is 17.6. The Morgan fingerprint density at radius 1 is 1.00 bits per heavy atom. The molecule has 2 aromatic heterocycles. The van der Waals surface area contributed by atoms with Crippen LogP contribution < -0.4 is 0 Å². The Kier molecular flexibility index (Phi) is 2.83. The van der Waals surface area contributed by atoms with Gasteiger partial charge in [-0.15, -0.1) is 0 Å². The molecule has 5 heteroatoms. The number of hydrogen-bond donors (Lipinski definition) is 0. The minimum absolute atomic E-state index is 0.0985. The van der Waals surface area contributed by atoms with Gasteiger partial charge in [-0.1, -0.05) is 12.1 Å². The predicted octanol–water partition coefficient (Wildman–Crippen LogP) is 3.04. The van der Waals surface area contributed by atoms with E-state index in [0.29, 0.717) is 6.04 Å². The number of aromatic nitrogens is 1. The highest BCUT2D eigenvalue weighted by Crippen LogP contribution is 2.47. The minimum atomic E-state index is 0.0985. The molecule has 26 heavy (non-hydrogen) atoms. The summed E-state index contributed by atoms with van der Waals surface area (Å²) in [6.45, 7) is 12.2. The fraction of sp³-hybridized carbons (Fsp3) is 0.476. The van der Waals surface area contributed by atoms with E-state index in [-0.39, 0.29) is 5.41 Å². The number of hydrogen-bond acceptors (Lipinski definition) is 5. The number of benzene rings is 1. The average Bonchev–Trinajstić information content (AvgIpc) is 2.95. The summed E-state index contributed by atoms with van der Waals surface area (Å²) in [5.41, 5.74) is 5.66. The fourth-order valence-electron chi connectivity index (χ4n) is 5.73. The van der Waals surface area contributed by atoms with Crippen molar-refractivity contribution >= 4 is 22.1 Å². The molecule has 0 saturated carbocycles. The smallest absolute Gasteiger partial charge is 0.227 e. The normalized spacial score (nSPS) is 35.7. The second kappa shape index (κ2) is 4.85. The summed E-state index contributed by atoms with van der Waals surface area (Å²) in [4.78, 5) is 12.4. The molecule has 0 amide bonds. The Morgan fingerprint density at radius 3 is 2.50 bits per heavy atom. The molecule has 3 aromatic rings. The second-order valence-corrected chi connectivity index (χ2v) is 8.54. The standard InChI is InChI=1S/C21H24N4O/c1-13-4-6-16-17-7-5-14(2)22-20(17)26-19(16)18(13)21-8-23-10-24(9-21)12-25(11-23)15(21)3/h4-7,15H,8-12H2,1-3H3/t15-/m1/s1. The van der Waals surface area contributed by atoms with Crippen molar-refractivity contribution in [1.29, 1.82) is 0 Å². The first-order valence-corrected chi connectivity index (χ1v) is 9.54. The van der Waals surface area contributed by atoms with Crippen LogP contribution in [0.1, 0.15) is 23.7 Å². The topological polar surface area (TPSA) is 35.8 Å². The highest BCUT2D eigenvalue weighted by atomic mass is 16.3. The molecule has 0 aliphatic carbocycles. The van der Waals surface area contributed by atoms with Crippen molar-refractivity contribution in [2.24, 2.45) is 0 Å². The van der Waals surface area contributed by atoms with E-state index in [1.165, 1.54) is 16.5 Å². The van der Waals surface area contributed by atoms with Gasteiger partial charge in [0.25, 0.3) is 0 Å². The van der Waals surface area contributed by atoms with E-state index < -0.39 is 0 Å². The van der Waals surface area contributed by atoms with Gasteiger partial charge in [-0.2, -0.15) is 0 Å². The zero-order valence-electron chi connectivity index (χ0n) is 15.6. The highest BCUT2D eigenvalue weighted by Gasteiger charge is 2.55. The van der Waals surface area contributed by atoms with Crippen LogP contribution in [0.4, 0.5) is 0 Å². The van der Waals surface area contributed by atoms with Crippen molar-refractivity contribution in [3.8, 4) is 0 Å². The Hall–Kier alpha value is -1.95. The highest BCUT2D eigenvalue weighted by molar-refractivity contribution is 6.05. The van der Waals surface area contributed by atoms with E-state index in [1.807, 2.05) is 6.92 Å². The van der Waals surface area contributed by atoms with Crippen molar-refractivity contribution in [2.45, 2.75) is 32.2 Å². The van der Waals surface area contributed by atoms with E-state index in [9.17, 15) is 0 Å². The maximum atomic E-state index is 6.42. The summed E-state index contributed by atoms with van der Waals surface area (Å²) in [6.07, 6.45) is 0. The van der Waals surface area contributed by atoms with Crippen LogP contribution in [0.25, 0.3) is 22.1 Å². The molecular weight excluding hydrogens is 324 g/mol. The maximum Gasteiger partial charge on any atom is 0.227 e. The van der Waals surface area contributed by atoms with Gasteiger partial charge in [-0.05, 0) is 38.5 Å².